The van der Waals surface area contributed by atoms with Gasteiger partial charge in [0.15, 0.2) is 0 Å². The molecule has 4 rings (SSSR count). The summed E-state index contributed by atoms with van der Waals surface area (Å²) in [5, 5.41) is 4.53. The van der Waals surface area contributed by atoms with Crippen molar-refractivity contribution in [2.75, 3.05) is 32.8 Å². The molecular formula is C20H25N3O3. The third-order valence-electron chi connectivity index (χ3n) is 5.20. The van der Waals surface area contributed by atoms with E-state index >= 15 is 0 Å². The summed E-state index contributed by atoms with van der Waals surface area (Å²) in [6.45, 7) is 9.25. The van der Waals surface area contributed by atoms with Crippen LogP contribution in [0.15, 0.2) is 42.3 Å². The SMILES string of the molecule is C=C1CC(C2=CCCC=C2c2cnn(CCN3CCOCC3)c2)OC1=O. The van der Waals surface area contributed by atoms with Gasteiger partial charge in [-0.25, -0.2) is 4.79 Å². The lowest BCUT2D eigenvalue weighted by Gasteiger charge is -2.26. The van der Waals surface area contributed by atoms with Crippen LogP contribution in [0.5, 0.6) is 0 Å². The van der Waals surface area contributed by atoms with Gasteiger partial charge in [0.2, 0.25) is 0 Å². The average molecular weight is 355 g/mol. The van der Waals surface area contributed by atoms with Crippen LogP contribution in [0.4, 0.5) is 0 Å². The molecule has 0 N–H and O–H groups in total. The smallest absolute Gasteiger partial charge is 0.334 e. The predicted molar refractivity (Wildman–Crippen MR) is 98.4 cm³/mol. The number of cyclic esters (lactones) is 1. The van der Waals surface area contributed by atoms with E-state index in [1.165, 1.54) is 0 Å². The highest BCUT2D eigenvalue weighted by Gasteiger charge is 2.32. The molecule has 1 aromatic heterocycles. The molecule has 138 valence electrons. The van der Waals surface area contributed by atoms with Crippen molar-refractivity contribution in [1.82, 2.24) is 14.7 Å². The van der Waals surface area contributed by atoms with Crippen LogP contribution in [0.1, 0.15) is 24.8 Å². The zero-order valence-electron chi connectivity index (χ0n) is 15.0. The van der Waals surface area contributed by atoms with E-state index in [-0.39, 0.29) is 12.1 Å². The Hall–Kier alpha value is -2.18. The van der Waals surface area contributed by atoms with E-state index in [2.05, 4.69) is 34.9 Å². The summed E-state index contributed by atoms with van der Waals surface area (Å²) in [7, 11) is 0. The number of hydrogen-bond acceptors (Lipinski definition) is 5. The van der Waals surface area contributed by atoms with E-state index in [1.807, 2.05) is 10.9 Å². The lowest BCUT2D eigenvalue weighted by atomic mass is 9.88. The molecule has 1 aliphatic carbocycles. The Kier molecular flexibility index (Phi) is 5.04. The highest BCUT2D eigenvalue weighted by Crippen LogP contribution is 2.36. The molecule has 1 unspecified atom stereocenters. The molecule has 3 heterocycles. The van der Waals surface area contributed by atoms with Crippen molar-refractivity contribution in [1.29, 1.82) is 0 Å². The Labute approximate surface area is 153 Å². The maximum Gasteiger partial charge on any atom is 0.334 e. The van der Waals surface area contributed by atoms with Gasteiger partial charge in [-0.3, -0.25) is 9.58 Å². The summed E-state index contributed by atoms with van der Waals surface area (Å²) < 4.78 is 12.9. The van der Waals surface area contributed by atoms with Crippen LogP contribution in [-0.2, 0) is 20.8 Å². The van der Waals surface area contributed by atoms with Crippen molar-refractivity contribution < 1.29 is 14.3 Å². The maximum absolute atomic E-state index is 11.7. The van der Waals surface area contributed by atoms with Crippen LogP contribution < -0.4 is 0 Å². The molecule has 6 heteroatoms. The quantitative estimate of drug-likeness (QED) is 0.599. The van der Waals surface area contributed by atoms with Crippen molar-refractivity contribution >= 4 is 11.5 Å². The largest absolute Gasteiger partial charge is 0.454 e. The summed E-state index contributed by atoms with van der Waals surface area (Å²) in [6.07, 6.45) is 10.8. The number of aromatic nitrogens is 2. The molecule has 0 bridgehead atoms. The number of carbonyl (C=O) groups excluding carboxylic acids is 1. The molecule has 6 nitrogen and oxygen atoms in total. The van der Waals surface area contributed by atoms with Crippen LogP contribution in [0, 0.1) is 0 Å². The molecule has 2 aliphatic heterocycles. The van der Waals surface area contributed by atoms with Crippen LogP contribution >= 0.6 is 0 Å². The van der Waals surface area contributed by atoms with Gasteiger partial charge in [0, 0.05) is 43.4 Å². The minimum Gasteiger partial charge on any atom is -0.454 e. The third kappa shape index (κ3) is 3.66. The molecule has 3 aliphatic rings. The summed E-state index contributed by atoms with van der Waals surface area (Å²) in [5.41, 5.74) is 3.88. The average Bonchev–Trinajstić information content (AvgIpc) is 3.28. The Morgan fingerprint density at radius 1 is 1.19 bits per heavy atom. The molecule has 2 fully saturated rings. The lowest BCUT2D eigenvalue weighted by molar-refractivity contribution is -0.137. The summed E-state index contributed by atoms with van der Waals surface area (Å²) in [4.78, 5) is 14.1. The predicted octanol–water partition coefficient (Wildman–Crippen LogP) is 2.19. The van der Waals surface area contributed by atoms with Crippen molar-refractivity contribution in [2.45, 2.75) is 31.9 Å². The first-order valence-electron chi connectivity index (χ1n) is 9.33. The van der Waals surface area contributed by atoms with Gasteiger partial charge >= 0.3 is 5.97 Å². The van der Waals surface area contributed by atoms with Gasteiger partial charge in [0.05, 0.1) is 26.0 Å². The Morgan fingerprint density at radius 3 is 2.77 bits per heavy atom. The van der Waals surface area contributed by atoms with E-state index in [4.69, 9.17) is 9.47 Å². The summed E-state index contributed by atoms with van der Waals surface area (Å²) in [6, 6.07) is 0. The molecule has 1 aromatic rings. The van der Waals surface area contributed by atoms with E-state index in [0.717, 1.165) is 68.9 Å². The number of esters is 1. The first-order valence-corrected chi connectivity index (χ1v) is 9.33. The number of hydrogen-bond donors (Lipinski definition) is 0. The van der Waals surface area contributed by atoms with Crippen LogP contribution in [0.25, 0.3) is 5.57 Å². The molecule has 2 saturated heterocycles. The Morgan fingerprint density at radius 2 is 2.00 bits per heavy atom. The van der Waals surface area contributed by atoms with Gasteiger partial charge in [-0.2, -0.15) is 5.10 Å². The van der Waals surface area contributed by atoms with Gasteiger partial charge in [0.1, 0.15) is 6.10 Å². The van der Waals surface area contributed by atoms with Crippen molar-refractivity contribution in [3.63, 3.8) is 0 Å². The minimum absolute atomic E-state index is 0.210. The van der Waals surface area contributed by atoms with Crippen LogP contribution in [-0.4, -0.2) is 59.6 Å². The van der Waals surface area contributed by atoms with Crippen LogP contribution in [0.2, 0.25) is 0 Å². The van der Waals surface area contributed by atoms with Gasteiger partial charge in [-0.1, -0.05) is 18.7 Å². The Balaban J connectivity index is 1.43. The lowest BCUT2D eigenvalue weighted by Crippen LogP contribution is -2.38. The zero-order valence-corrected chi connectivity index (χ0v) is 15.0. The van der Waals surface area contributed by atoms with Gasteiger partial charge in [-0.15, -0.1) is 0 Å². The van der Waals surface area contributed by atoms with Crippen molar-refractivity contribution in [3.05, 3.63) is 47.8 Å². The third-order valence-corrected chi connectivity index (χ3v) is 5.20. The van der Waals surface area contributed by atoms with Crippen molar-refractivity contribution in [3.8, 4) is 0 Å². The van der Waals surface area contributed by atoms with Gasteiger partial charge in [0.25, 0.3) is 0 Å². The summed E-state index contributed by atoms with van der Waals surface area (Å²) in [5.74, 6) is -0.276. The number of carbonyl (C=O) groups is 1. The molecule has 0 aromatic carbocycles. The second-order valence-corrected chi connectivity index (χ2v) is 7.00. The van der Waals surface area contributed by atoms with E-state index in [1.54, 1.807) is 0 Å². The van der Waals surface area contributed by atoms with E-state index in [0.29, 0.717) is 12.0 Å². The first-order chi connectivity index (χ1) is 12.7. The second kappa shape index (κ2) is 7.60. The molecule has 1 atom stereocenters. The van der Waals surface area contributed by atoms with E-state index in [9.17, 15) is 4.79 Å². The standard InChI is InChI=1S/C20H25N3O3/c1-15-12-19(26-20(15)24)18-5-3-2-4-17(18)16-13-21-23(14-16)7-6-22-8-10-25-11-9-22/h4-5,13-14,19H,1-3,6-12H2. The topological polar surface area (TPSA) is 56.6 Å². The zero-order chi connectivity index (χ0) is 17.9. The van der Waals surface area contributed by atoms with E-state index < -0.39 is 0 Å². The molecule has 26 heavy (non-hydrogen) atoms. The molecule has 0 amide bonds. The number of rotatable bonds is 5. The van der Waals surface area contributed by atoms with Gasteiger partial charge < -0.3 is 9.47 Å². The molecular weight excluding hydrogens is 330 g/mol. The van der Waals surface area contributed by atoms with Crippen LogP contribution in [0.3, 0.4) is 0 Å². The van der Waals surface area contributed by atoms with Gasteiger partial charge in [-0.05, 0) is 24.0 Å². The summed E-state index contributed by atoms with van der Waals surface area (Å²) >= 11 is 0. The fourth-order valence-corrected chi connectivity index (χ4v) is 3.71. The molecule has 0 radical (unpaired) electrons. The molecule has 0 spiro atoms. The Bertz CT molecular complexity index is 740. The fraction of sp³-hybridized carbons (Fsp3) is 0.500. The van der Waals surface area contributed by atoms with Crippen molar-refractivity contribution in [2.24, 2.45) is 0 Å². The monoisotopic (exact) mass is 355 g/mol. The fourth-order valence-electron chi connectivity index (χ4n) is 3.71. The first kappa shape index (κ1) is 17.2. The normalized spacial score (nSPS) is 24.4. The number of nitrogens with zero attached hydrogens (tertiary/aromatic N) is 3. The molecule has 0 saturated carbocycles. The second-order valence-electron chi connectivity index (χ2n) is 7.00. The highest BCUT2D eigenvalue weighted by molar-refractivity contribution is 5.92. The number of ether oxygens (including phenoxy) is 2. The number of allylic oxidation sites excluding steroid dienone is 2. The highest BCUT2D eigenvalue weighted by atomic mass is 16.5. The minimum atomic E-state index is -0.276. The number of morpholine rings is 1. The maximum atomic E-state index is 11.7.